The number of anilines is 2. The van der Waals surface area contributed by atoms with Crippen LogP contribution in [0.1, 0.15) is 24.7 Å². The molecule has 1 atom stereocenters. The minimum absolute atomic E-state index is 0.135. The second-order valence-electron chi connectivity index (χ2n) is 6.46. The van der Waals surface area contributed by atoms with Crippen LogP contribution in [0.15, 0.2) is 30.5 Å². The molecule has 1 aromatic heterocycles. The number of carbonyl (C=O) groups is 1. The molecule has 138 valence electrons. The van der Waals surface area contributed by atoms with Gasteiger partial charge in [-0.25, -0.2) is 14.4 Å². The molecule has 1 saturated heterocycles. The maximum atomic E-state index is 13.0. The average Bonchev–Trinajstić information content (AvgIpc) is 2.65. The number of rotatable bonds is 5. The summed E-state index contributed by atoms with van der Waals surface area (Å²) in [6.45, 7) is 6.00. The van der Waals surface area contributed by atoms with Crippen molar-refractivity contribution in [2.24, 2.45) is 0 Å². The highest BCUT2D eigenvalue weighted by Gasteiger charge is 2.27. The van der Waals surface area contributed by atoms with Crippen LogP contribution in [0.4, 0.5) is 15.9 Å². The summed E-state index contributed by atoms with van der Waals surface area (Å²) in [5.74, 6) is 1.18. The van der Waals surface area contributed by atoms with Crippen LogP contribution in [-0.4, -0.2) is 41.6 Å². The number of aromatic nitrogens is 2. The van der Waals surface area contributed by atoms with Crippen molar-refractivity contribution in [2.45, 2.75) is 32.7 Å². The summed E-state index contributed by atoms with van der Waals surface area (Å²) in [5.41, 5.74) is 1.69. The Bertz CT molecular complexity index is 765. The molecule has 0 unspecified atom stereocenters. The van der Waals surface area contributed by atoms with Crippen LogP contribution in [0.2, 0.25) is 0 Å². The zero-order valence-corrected chi connectivity index (χ0v) is 15.1. The van der Waals surface area contributed by atoms with Crippen molar-refractivity contribution in [3.8, 4) is 0 Å². The molecule has 1 aromatic carbocycles. The van der Waals surface area contributed by atoms with E-state index in [9.17, 15) is 9.18 Å². The SMILES string of the molecule is CCCc1cnc(C)nc1N1CCN[C@H](C(=O)Nc2ccc(F)cc2)C1. The van der Waals surface area contributed by atoms with E-state index < -0.39 is 0 Å². The van der Waals surface area contributed by atoms with Crippen LogP contribution >= 0.6 is 0 Å². The number of piperazine rings is 1. The van der Waals surface area contributed by atoms with Gasteiger partial charge in [-0.3, -0.25) is 4.79 Å². The van der Waals surface area contributed by atoms with Crippen LogP contribution < -0.4 is 15.5 Å². The third-order valence-electron chi connectivity index (χ3n) is 4.38. The molecular formula is C19H24FN5O. The quantitative estimate of drug-likeness (QED) is 0.859. The zero-order chi connectivity index (χ0) is 18.5. The third-order valence-corrected chi connectivity index (χ3v) is 4.38. The van der Waals surface area contributed by atoms with Gasteiger partial charge in [0, 0.05) is 37.1 Å². The first-order valence-corrected chi connectivity index (χ1v) is 8.94. The Hall–Kier alpha value is -2.54. The average molecular weight is 357 g/mol. The molecule has 1 aliphatic rings. The van der Waals surface area contributed by atoms with Gasteiger partial charge in [0.1, 0.15) is 23.5 Å². The summed E-state index contributed by atoms with van der Waals surface area (Å²) in [6.07, 6.45) is 3.81. The molecule has 6 nitrogen and oxygen atoms in total. The molecule has 2 N–H and O–H groups in total. The van der Waals surface area contributed by atoms with E-state index in [-0.39, 0.29) is 17.8 Å². The Kier molecular flexibility index (Phi) is 5.78. The first kappa shape index (κ1) is 18.3. The largest absolute Gasteiger partial charge is 0.353 e. The molecule has 0 saturated carbocycles. The lowest BCUT2D eigenvalue weighted by molar-refractivity contribution is -0.118. The standard InChI is InChI=1S/C19H24FN5O/c1-3-4-14-11-22-13(2)23-18(14)25-10-9-21-17(12-25)19(26)24-16-7-5-15(20)6-8-16/h5-8,11,17,21H,3-4,9-10,12H2,1-2H3,(H,24,26)/t17-/m0/s1. The van der Waals surface area contributed by atoms with Crippen LogP contribution in [-0.2, 0) is 11.2 Å². The molecular weight excluding hydrogens is 333 g/mol. The van der Waals surface area contributed by atoms with Crippen molar-refractivity contribution in [1.82, 2.24) is 15.3 Å². The number of benzene rings is 1. The number of amides is 1. The van der Waals surface area contributed by atoms with Gasteiger partial charge < -0.3 is 15.5 Å². The molecule has 2 heterocycles. The van der Waals surface area contributed by atoms with Crippen molar-refractivity contribution in [3.05, 3.63) is 47.7 Å². The molecule has 1 fully saturated rings. The fourth-order valence-electron chi connectivity index (χ4n) is 3.08. The molecule has 0 bridgehead atoms. The van der Waals surface area contributed by atoms with E-state index in [1.165, 1.54) is 12.1 Å². The van der Waals surface area contributed by atoms with Crippen molar-refractivity contribution < 1.29 is 9.18 Å². The lowest BCUT2D eigenvalue weighted by Gasteiger charge is -2.34. The number of aryl methyl sites for hydroxylation is 2. The van der Waals surface area contributed by atoms with Gasteiger partial charge in [-0.2, -0.15) is 0 Å². The lowest BCUT2D eigenvalue weighted by atomic mass is 10.1. The Morgan fingerprint density at radius 3 is 2.88 bits per heavy atom. The van der Waals surface area contributed by atoms with Crippen LogP contribution in [0.25, 0.3) is 0 Å². The summed E-state index contributed by atoms with van der Waals surface area (Å²) >= 11 is 0. The predicted octanol–water partition coefficient (Wildman–Crippen LogP) is 2.29. The fraction of sp³-hybridized carbons (Fsp3) is 0.421. The third kappa shape index (κ3) is 4.35. The number of hydrogen-bond donors (Lipinski definition) is 2. The number of nitrogens with zero attached hydrogens (tertiary/aromatic N) is 3. The number of nitrogens with one attached hydrogen (secondary N) is 2. The first-order chi connectivity index (χ1) is 12.6. The number of halogens is 1. The molecule has 0 radical (unpaired) electrons. The van der Waals surface area contributed by atoms with E-state index in [4.69, 9.17) is 0 Å². The fourth-order valence-corrected chi connectivity index (χ4v) is 3.08. The van der Waals surface area contributed by atoms with E-state index >= 15 is 0 Å². The van der Waals surface area contributed by atoms with Crippen molar-refractivity contribution in [2.75, 3.05) is 29.9 Å². The molecule has 2 aromatic rings. The van der Waals surface area contributed by atoms with Crippen molar-refractivity contribution >= 4 is 17.4 Å². The van der Waals surface area contributed by atoms with Crippen molar-refractivity contribution in [3.63, 3.8) is 0 Å². The summed E-state index contributed by atoms with van der Waals surface area (Å²) in [6, 6.07) is 5.41. The predicted molar refractivity (Wildman–Crippen MR) is 99.8 cm³/mol. The smallest absolute Gasteiger partial charge is 0.243 e. The maximum Gasteiger partial charge on any atom is 0.243 e. The van der Waals surface area contributed by atoms with Crippen LogP contribution in [0.5, 0.6) is 0 Å². The molecule has 26 heavy (non-hydrogen) atoms. The van der Waals surface area contributed by atoms with Gasteiger partial charge >= 0.3 is 0 Å². The van der Waals surface area contributed by atoms with Gasteiger partial charge in [0.15, 0.2) is 0 Å². The Balaban J connectivity index is 1.72. The van der Waals surface area contributed by atoms with Crippen LogP contribution in [0, 0.1) is 12.7 Å². The topological polar surface area (TPSA) is 70.2 Å². The van der Waals surface area contributed by atoms with E-state index in [0.29, 0.717) is 18.8 Å². The van der Waals surface area contributed by atoms with E-state index in [0.717, 1.165) is 36.6 Å². The molecule has 1 amide bonds. The van der Waals surface area contributed by atoms with Gasteiger partial charge in [0.2, 0.25) is 5.91 Å². The summed E-state index contributed by atoms with van der Waals surface area (Å²) < 4.78 is 13.0. The molecule has 0 spiro atoms. The molecule has 7 heteroatoms. The monoisotopic (exact) mass is 357 g/mol. The highest BCUT2D eigenvalue weighted by molar-refractivity contribution is 5.95. The summed E-state index contributed by atoms with van der Waals surface area (Å²) in [4.78, 5) is 23.6. The minimum Gasteiger partial charge on any atom is -0.353 e. The second-order valence-corrected chi connectivity index (χ2v) is 6.46. The van der Waals surface area contributed by atoms with Gasteiger partial charge in [-0.05, 0) is 37.6 Å². The van der Waals surface area contributed by atoms with Gasteiger partial charge in [0.05, 0.1) is 0 Å². The highest BCUT2D eigenvalue weighted by atomic mass is 19.1. The van der Waals surface area contributed by atoms with Gasteiger partial charge in [0.25, 0.3) is 0 Å². The van der Waals surface area contributed by atoms with E-state index in [1.54, 1.807) is 12.1 Å². The number of carbonyl (C=O) groups excluding carboxylic acids is 1. The van der Waals surface area contributed by atoms with Gasteiger partial charge in [-0.1, -0.05) is 13.3 Å². The Morgan fingerprint density at radius 2 is 2.15 bits per heavy atom. The van der Waals surface area contributed by atoms with Crippen LogP contribution in [0.3, 0.4) is 0 Å². The Labute approximate surface area is 152 Å². The highest BCUT2D eigenvalue weighted by Crippen LogP contribution is 2.21. The maximum absolute atomic E-state index is 13.0. The minimum atomic E-state index is -0.362. The Morgan fingerprint density at radius 1 is 1.38 bits per heavy atom. The van der Waals surface area contributed by atoms with E-state index in [1.807, 2.05) is 13.1 Å². The van der Waals surface area contributed by atoms with E-state index in [2.05, 4.69) is 32.4 Å². The molecule has 3 rings (SSSR count). The van der Waals surface area contributed by atoms with Gasteiger partial charge in [-0.15, -0.1) is 0 Å². The molecule has 1 aliphatic heterocycles. The summed E-state index contributed by atoms with van der Waals surface area (Å²) in [7, 11) is 0. The lowest BCUT2D eigenvalue weighted by Crippen LogP contribution is -2.56. The summed E-state index contributed by atoms with van der Waals surface area (Å²) in [5, 5.41) is 6.08. The molecule has 0 aliphatic carbocycles. The zero-order valence-electron chi connectivity index (χ0n) is 15.1. The van der Waals surface area contributed by atoms with Crippen molar-refractivity contribution in [1.29, 1.82) is 0 Å². The normalized spacial score (nSPS) is 17.2. The second kappa shape index (κ2) is 8.23. The first-order valence-electron chi connectivity index (χ1n) is 8.94. The number of hydrogen-bond acceptors (Lipinski definition) is 5.